The van der Waals surface area contributed by atoms with Gasteiger partial charge in [-0.25, -0.2) is 0 Å². The van der Waals surface area contributed by atoms with E-state index in [4.69, 9.17) is 5.26 Å². The number of hydrogen-bond acceptors (Lipinski definition) is 3. The predicted octanol–water partition coefficient (Wildman–Crippen LogP) is 2.78. The summed E-state index contributed by atoms with van der Waals surface area (Å²) in [5.41, 5.74) is 2.90. The van der Waals surface area contributed by atoms with Crippen molar-refractivity contribution in [3.8, 4) is 5.40 Å². The Labute approximate surface area is 101 Å². The van der Waals surface area contributed by atoms with Gasteiger partial charge in [0.05, 0.1) is 0 Å². The van der Waals surface area contributed by atoms with Crippen molar-refractivity contribution in [3.63, 3.8) is 0 Å². The van der Waals surface area contributed by atoms with Gasteiger partial charge in [-0.15, -0.1) is 0 Å². The molecule has 0 aromatic heterocycles. The summed E-state index contributed by atoms with van der Waals surface area (Å²) in [5, 5.41) is 10.7. The van der Waals surface area contributed by atoms with Crippen LogP contribution in [0.4, 0.5) is 0 Å². The second-order valence-corrected chi connectivity index (χ2v) is 5.48. The van der Waals surface area contributed by atoms with Crippen LogP contribution in [0, 0.1) is 17.6 Å². The zero-order chi connectivity index (χ0) is 11.6. The summed E-state index contributed by atoms with van der Waals surface area (Å²) in [6, 6.07) is 8.68. The smallest absolute Gasteiger partial charge is 0.133 e. The van der Waals surface area contributed by atoms with E-state index in [0.717, 1.165) is 18.8 Å². The van der Waals surface area contributed by atoms with Gasteiger partial charge in [0, 0.05) is 24.4 Å². The van der Waals surface area contributed by atoms with Crippen molar-refractivity contribution >= 4 is 11.8 Å². The molecule has 0 spiro atoms. The first-order valence-electron chi connectivity index (χ1n) is 5.45. The molecule has 2 unspecified atom stereocenters. The number of nitrogens with zero attached hydrogens (tertiary/aromatic N) is 2. The molecular weight excluding hydrogens is 216 g/mol. The van der Waals surface area contributed by atoms with Crippen molar-refractivity contribution in [1.29, 1.82) is 5.26 Å². The van der Waals surface area contributed by atoms with Crippen LogP contribution in [0.2, 0.25) is 0 Å². The topological polar surface area (TPSA) is 26.8 Å². The largest absolute Gasteiger partial charge is 0.290 e. The molecule has 1 heterocycles. The monoisotopic (exact) mass is 232 g/mol. The molecule has 2 rings (SSSR count). The van der Waals surface area contributed by atoms with Crippen molar-refractivity contribution in [2.45, 2.75) is 25.9 Å². The fraction of sp³-hybridized carbons (Fsp3) is 0.462. The van der Waals surface area contributed by atoms with Gasteiger partial charge in [-0.3, -0.25) is 4.90 Å². The summed E-state index contributed by atoms with van der Waals surface area (Å²) < 4.78 is 0. The van der Waals surface area contributed by atoms with Gasteiger partial charge in [-0.2, -0.15) is 5.26 Å². The summed E-state index contributed by atoms with van der Waals surface area (Å²) in [6.45, 7) is 6.44. The van der Waals surface area contributed by atoms with Crippen molar-refractivity contribution in [2.75, 3.05) is 12.3 Å². The summed E-state index contributed by atoms with van der Waals surface area (Å²) in [6.07, 6.45) is 0. The van der Waals surface area contributed by atoms with E-state index in [1.54, 1.807) is 0 Å². The molecular formula is C13H16N2S. The van der Waals surface area contributed by atoms with Gasteiger partial charge in [-0.05, 0) is 31.2 Å². The Morgan fingerprint density at radius 3 is 2.75 bits per heavy atom. The average molecular weight is 232 g/mol. The third-order valence-electron chi connectivity index (χ3n) is 3.13. The minimum atomic E-state index is 0.241. The van der Waals surface area contributed by atoms with E-state index in [0.29, 0.717) is 0 Å². The van der Waals surface area contributed by atoms with Crippen molar-refractivity contribution < 1.29 is 0 Å². The number of hydrogen-bond donors (Lipinski definition) is 0. The molecule has 1 aliphatic rings. The number of thiocyanates is 1. The highest BCUT2D eigenvalue weighted by Gasteiger charge is 2.46. The molecule has 2 nitrogen and oxygen atoms in total. The zero-order valence-electron chi connectivity index (χ0n) is 9.73. The number of aryl methyl sites for hydroxylation is 1. The van der Waals surface area contributed by atoms with Crippen molar-refractivity contribution in [2.24, 2.45) is 0 Å². The van der Waals surface area contributed by atoms with Crippen LogP contribution in [0.5, 0.6) is 0 Å². The van der Waals surface area contributed by atoms with Gasteiger partial charge in [-0.1, -0.05) is 29.8 Å². The van der Waals surface area contributed by atoms with Crippen LogP contribution >= 0.6 is 11.8 Å². The lowest BCUT2D eigenvalue weighted by molar-refractivity contribution is 0.446. The number of benzene rings is 1. The molecule has 1 aromatic rings. The quantitative estimate of drug-likeness (QED) is 0.590. The van der Waals surface area contributed by atoms with Gasteiger partial charge < -0.3 is 0 Å². The summed E-state index contributed by atoms with van der Waals surface area (Å²) in [4.78, 5) is 2.42. The van der Waals surface area contributed by atoms with Crippen LogP contribution in [-0.2, 0) is 6.54 Å². The highest BCUT2D eigenvalue weighted by Crippen LogP contribution is 2.36. The third-order valence-corrected chi connectivity index (χ3v) is 4.03. The Balaban J connectivity index is 1.89. The second kappa shape index (κ2) is 4.48. The average Bonchev–Trinajstić information content (AvgIpc) is 2.90. The Morgan fingerprint density at radius 1 is 1.44 bits per heavy atom. The van der Waals surface area contributed by atoms with E-state index in [9.17, 15) is 0 Å². The number of rotatable bonds is 4. The summed E-state index contributed by atoms with van der Waals surface area (Å²) in [5.74, 6) is 0.912. The molecule has 0 saturated carbocycles. The van der Waals surface area contributed by atoms with Crippen LogP contribution in [-0.4, -0.2) is 22.7 Å². The lowest BCUT2D eigenvalue weighted by Gasteiger charge is -2.10. The maximum Gasteiger partial charge on any atom is 0.133 e. The molecule has 0 aliphatic carbocycles. The minimum Gasteiger partial charge on any atom is -0.290 e. The second-order valence-electron chi connectivity index (χ2n) is 4.72. The van der Waals surface area contributed by atoms with Crippen LogP contribution in [0.15, 0.2) is 24.3 Å². The van der Waals surface area contributed by atoms with E-state index >= 15 is 0 Å². The van der Waals surface area contributed by atoms with Crippen molar-refractivity contribution in [1.82, 2.24) is 4.90 Å². The molecule has 3 heteroatoms. The molecule has 0 N–H and O–H groups in total. The molecule has 1 aliphatic heterocycles. The first-order chi connectivity index (χ1) is 7.64. The lowest BCUT2D eigenvalue weighted by Crippen LogP contribution is -2.16. The Kier molecular flexibility index (Phi) is 3.22. The molecule has 0 bridgehead atoms. The normalized spacial score (nSPS) is 27.4. The molecule has 0 radical (unpaired) electrons. The Bertz CT molecular complexity index is 407. The number of thioether (sulfide) groups is 1. The fourth-order valence-corrected chi connectivity index (χ4v) is 2.51. The van der Waals surface area contributed by atoms with Crippen LogP contribution in [0.3, 0.4) is 0 Å². The van der Waals surface area contributed by atoms with E-state index < -0.39 is 0 Å². The SMILES string of the molecule is Cc1ccc(CN2CC2(C)CSC#N)cc1. The summed E-state index contributed by atoms with van der Waals surface area (Å²) >= 11 is 1.36. The minimum absolute atomic E-state index is 0.241. The molecule has 16 heavy (non-hydrogen) atoms. The third kappa shape index (κ3) is 2.58. The maximum atomic E-state index is 8.56. The maximum absolute atomic E-state index is 8.56. The molecule has 1 saturated heterocycles. The van der Waals surface area contributed by atoms with E-state index in [1.807, 2.05) is 0 Å². The van der Waals surface area contributed by atoms with E-state index in [2.05, 4.69) is 48.4 Å². The van der Waals surface area contributed by atoms with Crippen molar-refractivity contribution in [3.05, 3.63) is 35.4 Å². The Hall–Kier alpha value is -0.980. The van der Waals surface area contributed by atoms with Crippen LogP contribution in [0.1, 0.15) is 18.1 Å². The highest BCUT2D eigenvalue weighted by atomic mass is 32.2. The van der Waals surface area contributed by atoms with Crippen LogP contribution in [0.25, 0.3) is 0 Å². The van der Waals surface area contributed by atoms with Gasteiger partial charge >= 0.3 is 0 Å². The van der Waals surface area contributed by atoms with Gasteiger partial charge in [0.25, 0.3) is 0 Å². The van der Waals surface area contributed by atoms with Gasteiger partial charge in [0.1, 0.15) is 5.40 Å². The van der Waals surface area contributed by atoms with Gasteiger partial charge in [0.2, 0.25) is 0 Å². The molecule has 1 aromatic carbocycles. The first-order valence-corrected chi connectivity index (χ1v) is 6.44. The molecule has 84 valence electrons. The first kappa shape index (κ1) is 11.5. The fourth-order valence-electron chi connectivity index (χ4n) is 1.86. The van der Waals surface area contributed by atoms with E-state index in [1.165, 1.54) is 22.9 Å². The lowest BCUT2D eigenvalue weighted by atomic mass is 10.1. The highest BCUT2D eigenvalue weighted by molar-refractivity contribution is 8.03. The summed E-state index contributed by atoms with van der Waals surface area (Å²) in [7, 11) is 0. The zero-order valence-corrected chi connectivity index (χ0v) is 10.5. The molecule has 0 amide bonds. The molecule has 1 fully saturated rings. The standard InChI is InChI=1S/C13H16N2S/c1-11-3-5-12(6-4-11)7-15-8-13(15,2)9-16-10-14/h3-6H,7-9H2,1-2H3. The molecule has 2 atom stereocenters. The number of nitriles is 1. The van der Waals surface area contributed by atoms with Gasteiger partial charge in [0.15, 0.2) is 0 Å². The Morgan fingerprint density at radius 2 is 2.12 bits per heavy atom. The predicted molar refractivity (Wildman–Crippen MR) is 68.1 cm³/mol. The van der Waals surface area contributed by atoms with Crippen LogP contribution < -0.4 is 0 Å². The van der Waals surface area contributed by atoms with E-state index in [-0.39, 0.29) is 5.54 Å².